The Balaban J connectivity index is 0.000000875. The summed E-state index contributed by atoms with van der Waals surface area (Å²) in [6.45, 7) is 12.1. The Morgan fingerprint density at radius 3 is 1.02 bits per heavy atom. The Morgan fingerprint density at radius 2 is 0.771 bits per heavy atom. The van der Waals surface area contributed by atoms with Gasteiger partial charge < -0.3 is 9.11 Å². The topological polar surface area (TPSA) is 131 Å². The van der Waals surface area contributed by atoms with Crippen LogP contribution < -0.4 is 0 Å². The molecule has 48 heavy (non-hydrogen) atoms. The van der Waals surface area contributed by atoms with Gasteiger partial charge in [0, 0.05) is 0 Å². The standard InChI is InChI=1S/2C19H32O3S.O.Ti/c2*1-4-5-6-7-8-9-10-11-12-17-13-14-19(23(20,21)22)18(15-17)16(2)3;;/h2*13-16H,4-12H2,1-3H3,(H,20,21,22);;/q;;;+2/p-2. The van der Waals surface area contributed by atoms with Gasteiger partial charge in [0.1, 0.15) is 20.2 Å². The van der Waals surface area contributed by atoms with Crippen LogP contribution in [0.3, 0.4) is 0 Å². The number of aryl methyl sites for hydroxylation is 2. The molecule has 0 spiro atoms. The molecule has 0 atom stereocenters. The molecule has 0 saturated heterocycles. The first kappa shape index (κ1) is 46.8. The van der Waals surface area contributed by atoms with E-state index in [1.165, 1.54) is 102 Å². The second kappa shape index (κ2) is 26.6. The molecule has 0 N–H and O–H groups in total. The first-order chi connectivity index (χ1) is 22.7. The molecule has 7 nitrogen and oxygen atoms in total. The van der Waals surface area contributed by atoms with Crippen molar-refractivity contribution in [1.29, 1.82) is 0 Å². The maximum absolute atomic E-state index is 11.3. The van der Waals surface area contributed by atoms with E-state index in [-0.39, 0.29) is 21.6 Å². The normalized spacial score (nSPS) is 11.7. The van der Waals surface area contributed by atoms with Crippen LogP contribution in [0.4, 0.5) is 0 Å². The third-order valence-electron chi connectivity index (χ3n) is 8.57. The van der Waals surface area contributed by atoms with E-state index in [2.05, 4.69) is 13.8 Å². The van der Waals surface area contributed by atoms with Crippen LogP contribution in [0.2, 0.25) is 0 Å². The van der Waals surface area contributed by atoms with Crippen molar-refractivity contribution in [2.24, 2.45) is 0 Å². The molecule has 2 aromatic carbocycles. The monoisotopic (exact) mass is 742 g/mol. The summed E-state index contributed by atoms with van der Waals surface area (Å²) in [6, 6.07) is 10.3. The predicted octanol–water partition coefficient (Wildman–Crippen LogP) is 10.7. The molecule has 0 saturated carbocycles. The molecular weight excluding hydrogens is 680 g/mol. The van der Waals surface area contributed by atoms with Gasteiger partial charge in [-0.25, -0.2) is 16.8 Å². The van der Waals surface area contributed by atoms with E-state index in [0.717, 1.165) is 57.2 Å². The van der Waals surface area contributed by atoms with E-state index >= 15 is 0 Å². The molecule has 0 aromatic heterocycles. The third-order valence-corrected chi connectivity index (χ3v) is 10.4. The summed E-state index contributed by atoms with van der Waals surface area (Å²) < 4.78 is 76.2. The second-order valence-electron chi connectivity index (χ2n) is 13.4. The van der Waals surface area contributed by atoms with Crippen LogP contribution in [-0.4, -0.2) is 25.9 Å². The molecule has 0 radical (unpaired) electrons. The Morgan fingerprint density at radius 1 is 0.500 bits per heavy atom. The molecule has 0 unspecified atom stereocenters. The molecule has 0 aliphatic rings. The van der Waals surface area contributed by atoms with Gasteiger partial charge in [-0.05, 0) is 71.9 Å². The molecule has 0 bridgehead atoms. The van der Waals surface area contributed by atoms with Crippen molar-refractivity contribution in [3.05, 3.63) is 58.7 Å². The molecule has 0 heterocycles. The Bertz CT molecular complexity index is 1250. The van der Waals surface area contributed by atoms with Crippen LogP contribution >= 0.6 is 0 Å². The number of rotatable bonds is 22. The minimum atomic E-state index is -4.39. The predicted molar refractivity (Wildman–Crippen MR) is 190 cm³/mol. The van der Waals surface area contributed by atoms with Crippen molar-refractivity contribution < 1.29 is 49.7 Å². The zero-order chi connectivity index (χ0) is 36.6. The second-order valence-corrected chi connectivity index (χ2v) is 16.1. The van der Waals surface area contributed by atoms with Crippen molar-refractivity contribution in [2.75, 3.05) is 0 Å². The first-order valence-electron chi connectivity index (χ1n) is 18.1. The van der Waals surface area contributed by atoms with Crippen molar-refractivity contribution in [3.63, 3.8) is 0 Å². The van der Waals surface area contributed by atoms with Crippen molar-refractivity contribution in [1.82, 2.24) is 0 Å². The fraction of sp³-hybridized carbons (Fsp3) is 0.684. The van der Waals surface area contributed by atoms with Gasteiger partial charge >= 0.3 is 23.7 Å². The molecule has 0 aliphatic carbocycles. The Labute approximate surface area is 305 Å². The van der Waals surface area contributed by atoms with Gasteiger partial charge in [0.05, 0.1) is 9.79 Å². The average Bonchev–Trinajstić information content (AvgIpc) is 3.03. The van der Waals surface area contributed by atoms with Crippen LogP contribution in [0.1, 0.15) is 178 Å². The quantitative estimate of drug-likeness (QED) is 0.0666. The summed E-state index contributed by atoms with van der Waals surface area (Å²) in [5.41, 5.74) is 3.56. The summed E-state index contributed by atoms with van der Waals surface area (Å²) >= 11 is 0.750. The number of unbranched alkanes of at least 4 members (excludes halogenated alkanes) is 14. The summed E-state index contributed by atoms with van der Waals surface area (Å²) in [5.74, 6) is 0.0690. The molecule has 0 aliphatic heterocycles. The van der Waals surface area contributed by atoms with Gasteiger partial charge in [0.25, 0.3) is 0 Å². The zero-order valence-electron chi connectivity index (χ0n) is 30.5. The molecule has 272 valence electrons. The van der Waals surface area contributed by atoms with Crippen LogP contribution in [0, 0.1) is 0 Å². The molecular formula is C38H62O7S2Ti. The summed E-state index contributed by atoms with van der Waals surface area (Å²) in [7, 11) is -8.77. The molecule has 0 amide bonds. The van der Waals surface area contributed by atoms with Gasteiger partial charge in [0.2, 0.25) is 0 Å². The van der Waals surface area contributed by atoms with E-state index < -0.39 is 20.2 Å². The summed E-state index contributed by atoms with van der Waals surface area (Å²) in [6.07, 6.45) is 22.3. The minimum absolute atomic E-state index is 0.0345. The van der Waals surface area contributed by atoms with Gasteiger partial charge in [-0.3, -0.25) is 0 Å². The van der Waals surface area contributed by atoms with Crippen LogP contribution in [0.15, 0.2) is 46.2 Å². The fourth-order valence-electron chi connectivity index (χ4n) is 5.79. The molecule has 2 aromatic rings. The SMILES string of the molecule is CCCCCCCCCCc1ccc(S(=O)(=O)[O-])c(C(C)C)c1.CCCCCCCCCCc1ccc(S(=O)(=O)[O-])c(C(C)C)c1.[O]=[Ti+2]. The molecule has 0 fully saturated rings. The number of benzene rings is 2. The van der Waals surface area contributed by atoms with Crippen LogP contribution in [0.25, 0.3) is 0 Å². The van der Waals surface area contributed by atoms with E-state index in [0.29, 0.717) is 11.1 Å². The summed E-state index contributed by atoms with van der Waals surface area (Å²) in [4.78, 5) is -0.126. The Hall–Kier alpha value is -1.23. The molecule has 10 heteroatoms. The Kier molecular flexibility index (Phi) is 25.9. The van der Waals surface area contributed by atoms with E-state index in [4.69, 9.17) is 3.32 Å². The van der Waals surface area contributed by atoms with Gasteiger partial charge in [-0.1, -0.05) is 156 Å². The first-order valence-corrected chi connectivity index (χ1v) is 21.6. The van der Waals surface area contributed by atoms with Crippen molar-refractivity contribution in [2.45, 2.75) is 179 Å². The van der Waals surface area contributed by atoms with Gasteiger partial charge in [-0.2, -0.15) is 0 Å². The van der Waals surface area contributed by atoms with E-state index in [1.54, 1.807) is 12.1 Å². The van der Waals surface area contributed by atoms with E-state index in [9.17, 15) is 25.9 Å². The maximum atomic E-state index is 11.3. The van der Waals surface area contributed by atoms with Crippen molar-refractivity contribution >= 4 is 20.2 Å². The zero-order valence-corrected chi connectivity index (χ0v) is 33.7. The average molecular weight is 743 g/mol. The fourth-order valence-corrected chi connectivity index (χ4v) is 7.43. The number of hydrogen-bond donors (Lipinski definition) is 0. The molecule has 2 rings (SSSR count). The van der Waals surface area contributed by atoms with Crippen LogP contribution in [-0.2, 0) is 56.8 Å². The number of hydrogen-bond acceptors (Lipinski definition) is 7. The van der Waals surface area contributed by atoms with Crippen molar-refractivity contribution in [3.8, 4) is 0 Å². The summed E-state index contributed by atoms with van der Waals surface area (Å²) in [5, 5.41) is 0. The van der Waals surface area contributed by atoms with E-state index in [1.807, 2.05) is 39.8 Å². The van der Waals surface area contributed by atoms with Gasteiger partial charge in [-0.15, -0.1) is 0 Å². The van der Waals surface area contributed by atoms with Gasteiger partial charge in [0.15, 0.2) is 0 Å². The third kappa shape index (κ3) is 20.4. The van der Waals surface area contributed by atoms with Crippen LogP contribution in [0.5, 0.6) is 0 Å².